The predicted octanol–water partition coefficient (Wildman–Crippen LogP) is 2.19. The first-order chi connectivity index (χ1) is 9.35. The van der Waals surface area contributed by atoms with Gasteiger partial charge in [0, 0.05) is 7.05 Å². The molecule has 0 unspecified atom stereocenters. The first-order valence-corrected chi connectivity index (χ1v) is 7.56. The van der Waals surface area contributed by atoms with Crippen molar-refractivity contribution in [1.29, 1.82) is 0 Å². The minimum absolute atomic E-state index is 0.131. The van der Waals surface area contributed by atoms with Crippen LogP contribution in [0.25, 0.3) is 0 Å². The lowest BCUT2D eigenvalue weighted by Gasteiger charge is -2.09. The SMILES string of the molecule is COc1ccc(NS(=O)(=O)c2cnn(C)c2C)cc1Cl. The molecule has 0 amide bonds. The summed E-state index contributed by atoms with van der Waals surface area (Å²) in [6.07, 6.45) is 1.31. The highest BCUT2D eigenvalue weighted by Crippen LogP contribution is 2.28. The molecule has 1 aromatic carbocycles. The molecule has 1 N–H and O–H groups in total. The average molecular weight is 316 g/mol. The molecule has 0 saturated carbocycles. The molecule has 1 aromatic heterocycles. The van der Waals surface area contributed by atoms with Crippen LogP contribution in [0.1, 0.15) is 5.69 Å². The number of anilines is 1. The first-order valence-electron chi connectivity index (χ1n) is 5.70. The van der Waals surface area contributed by atoms with E-state index in [9.17, 15) is 8.42 Å². The Morgan fingerprint density at radius 1 is 1.40 bits per heavy atom. The topological polar surface area (TPSA) is 73.2 Å². The molecule has 0 aliphatic carbocycles. The maximum absolute atomic E-state index is 12.3. The van der Waals surface area contributed by atoms with Gasteiger partial charge in [0.2, 0.25) is 0 Å². The third-order valence-electron chi connectivity index (χ3n) is 2.88. The quantitative estimate of drug-likeness (QED) is 0.938. The van der Waals surface area contributed by atoms with E-state index in [0.717, 1.165) is 0 Å². The number of nitrogens with zero attached hydrogens (tertiary/aromatic N) is 2. The Kier molecular flexibility index (Phi) is 3.92. The van der Waals surface area contributed by atoms with Crippen LogP contribution in [-0.2, 0) is 17.1 Å². The van der Waals surface area contributed by atoms with Gasteiger partial charge in [0.05, 0.1) is 29.7 Å². The van der Waals surface area contributed by atoms with Crippen molar-refractivity contribution in [2.24, 2.45) is 7.05 Å². The van der Waals surface area contributed by atoms with Crippen LogP contribution < -0.4 is 9.46 Å². The van der Waals surface area contributed by atoms with Gasteiger partial charge in [0.25, 0.3) is 10.0 Å². The van der Waals surface area contributed by atoms with Crippen molar-refractivity contribution in [3.05, 3.63) is 35.1 Å². The molecule has 0 radical (unpaired) electrons. The number of aryl methyl sites for hydroxylation is 1. The second kappa shape index (κ2) is 5.34. The summed E-state index contributed by atoms with van der Waals surface area (Å²) in [5.74, 6) is 0.479. The largest absolute Gasteiger partial charge is 0.495 e. The van der Waals surface area contributed by atoms with Crippen molar-refractivity contribution < 1.29 is 13.2 Å². The number of ether oxygens (including phenoxy) is 1. The normalized spacial score (nSPS) is 11.4. The standard InChI is InChI=1S/C12H14ClN3O3S/c1-8-12(7-14-16(8)2)20(17,18)15-9-4-5-11(19-3)10(13)6-9/h4-7,15H,1-3H3. The lowest BCUT2D eigenvalue weighted by molar-refractivity contribution is 0.415. The van der Waals surface area contributed by atoms with E-state index in [-0.39, 0.29) is 4.90 Å². The zero-order valence-corrected chi connectivity index (χ0v) is 12.8. The van der Waals surface area contributed by atoms with Crippen LogP contribution in [0.2, 0.25) is 5.02 Å². The second-order valence-electron chi connectivity index (χ2n) is 4.17. The van der Waals surface area contributed by atoms with Gasteiger partial charge in [-0.15, -0.1) is 0 Å². The molecule has 0 bridgehead atoms. The molecule has 2 rings (SSSR count). The molecule has 1 heterocycles. The van der Waals surface area contributed by atoms with Crippen molar-refractivity contribution in [2.45, 2.75) is 11.8 Å². The van der Waals surface area contributed by atoms with Gasteiger partial charge in [0.15, 0.2) is 0 Å². The smallest absolute Gasteiger partial charge is 0.265 e. The first kappa shape index (κ1) is 14.7. The van der Waals surface area contributed by atoms with E-state index in [2.05, 4.69) is 9.82 Å². The molecule has 0 fully saturated rings. The number of halogens is 1. The van der Waals surface area contributed by atoms with Crippen molar-refractivity contribution in [1.82, 2.24) is 9.78 Å². The maximum Gasteiger partial charge on any atom is 0.265 e. The summed E-state index contributed by atoms with van der Waals surface area (Å²) in [7, 11) is -0.523. The Labute approximate surface area is 122 Å². The number of hydrogen-bond acceptors (Lipinski definition) is 4. The molecule has 0 aliphatic heterocycles. The van der Waals surface area contributed by atoms with Gasteiger partial charge in [-0.3, -0.25) is 9.40 Å². The van der Waals surface area contributed by atoms with Gasteiger partial charge >= 0.3 is 0 Å². The fraction of sp³-hybridized carbons (Fsp3) is 0.250. The van der Waals surface area contributed by atoms with Crippen molar-refractivity contribution in [3.8, 4) is 5.75 Å². The zero-order valence-electron chi connectivity index (χ0n) is 11.2. The lowest BCUT2D eigenvalue weighted by Crippen LogP contribution is -2.13. The van der Waals surface area contributed by atoms with Crippen LogP contribution in [0.15, 0.2) is 29.3 Å². The fourth-order valence-corrected chi connectivity index (χ4v) is 3.19. The minimum Gasteiger partial charge on any atom is -0.495 e. The number of methoxy groups -OCH3 is 1. The highest BCUT2D eigenvalue weighted by Gasteiger charge is 2.20. The van der Waals surface area contributed by atoms with Gasteiger partial charge in [0.1, 0.15) is 10.6 Å². The summed E-state index contributed by atoms with van der Waals surface area (Å²) in [5, 5.41) is 4.25. The van der Waals surface area contributed by atoms with Crippen molar-refractivity contribution in [2.75, 3.05) is 11.8 Å². The monoisotopic (exact) mass is 315 g/mol. The summed E-state index contributed by atoms with van der Waals surface area (Å²) in [6.45, 7) is 1.68. The molecule has 6 nitrogen and oxygen atoms in total. The zero-order chi connectivity index (χ0) is 14.9. The van der Waals surface area contributed by atoms with Gasteiger partial charge < -0.3 is 4.74 Å². The van der Waals surface area contributed by atoms with E-state index >= 15 is 0 Å². The lowest BCUT2D eigenvalue weighted by atomic mass is 10.3. The van der Waals surface area contributed by atoms with Gasteiger partial charge in [-0.1, -0.05) is 11.6 Å². The number of hydrogen-bond donors (Lipinski definition) is 1. The van der Waals surface area contributed by atoms with Crippen LogP contribution in [0, 0.1) is 6.92 Å². The Bertz CT molecular complexity index is 740. The van der Waals surface area contributed by atoms with E-state index in [1.165, 1.54) is 24.1 Å². The Balaban J connectivity index is 2.33. The number of benzene rings is 1. The van der Waals surface area contributed by atoms with Gasteiger partial charge in [-0.25, -0.2) is 8.42 Å². The summed E-state index contributed by atoms with van der Waals surface area (Å²) in [4.78, 5) is 0.131. The van der Waals surface area contributed by atoms with E-state index in [1.807, 2.05) is 0 Å². The molecular formula is C12H14ClN3O3S. The third kappa shape index (κ3) is 2.73. The predicted molar refractivity (Wildman–Crippen MR) is 76.8 cm³/mol. The molecule has 0 spiro atoms. The number of rotatable bonds is 4. The molecule has 20 heavy (non-hydrogen) atoms. The van der Waals surface area contributed by atoms with E-state index in [0.29, 0.717) is 22.2 Å². The number of nitrogens with one attached hydrogen (secondary N) is 1. The number of aromatic nitrogens is 2. The van der Waals surface area contributed by atoms with E-state index in [4.69, 9.17) is 16.3 Å². The Morgan fingerprint density at radius 2 is 2.10 bits per heavy atom. The van der Waals surface area contributed by atoms with E-state index in [1.54, 1.807) is 26.1 Å². The molecule has 0 atom stereocenters. The van der Waals surface area contributed by atoms with Gasteiger partial charge in [-0.2, -0.15) is 5.10 Å². The molecule has 2 aromatic rings. The summed E-state index contributed by atoms with van der Waals surface area (Å²) in [5.41, 5.74) is 0.913. The Morgan fingerprint density at radius 3 is 2.60 bits per heavy atom. The molecule has 108 valence electrons. The van der Waals surface area contributed by atoms with Crippen LogP contribution in [0.5, 0.6) is 5.75 Å². The van der Waals surface area contributed by atoms with E-state index < -0.39 is 10.0 Å². The fourth-order valence-electron chi connectivity index (χ4n) is 1.68. The maximum atomic E-state index is 12.3. The van der Waals surface area contributed by atoms with Crippen molar-refractivity contribution >= 4 is 27.3 Å². The Hall–Kier alpha value is -1.73. The molecule has 8 heteroatoms. The summed E-state index contributed by atoms with van der Waals surface area (Å²) in [6, 6.07) is 4.66. The molecular weight excluding hydrogens is 302 g/mol. The van der Waals surface area contributed by atoms with Gasteiger partial charge in [-0.05, 0) is 25.1 Å². The highest BCUT2D eigenvalue weighted by atomic mass is 35.5. The molecule has 0 aliphatic rings. The van der Waals surface area contributed by atoms with Crippen molar-refractivity contribution in [3.63, 3.8) is 0 Å². The summed E-state index contributed by atoms with van der Waals surface area (Å²) >= 11 is 5.96. The van der Waals surface area contributed by atoms with Crippen LogP contribution in [-0.4, -0.2) is 25.3 Å². The number of sulfonamides is 1. The average Bonchev–Trinajstić information content (AvgIpc) is 2.70. The summed E-state index contributed by atoms with van der Waals surface area (Å²) < 4.78 is 33.5. The van der Waals surface area contributed by atoms with Crippen LogP contribution in [0.4, 0.5) is 5.69 Å². The minimum atomic E-state index is -3.69. The van der Waals surface area contributed by atoms with Crippen LogP contribution in [0.3, 0.4) is 0 Å². The third-order valence-corrected chi connectivity index (χ3v) is 4.66. The second-order valence-corrected chi connectivity index (χ2v) is 6.23. The van der Waals surface area contributed by atoms with Crippen LogP contribution >= 0.6 is 11.6 Å². The highest BCUT2D eigenvalue weighted by molar-refractivity contribution is 7.92. The molecule has 0 saturated heterocycles.